The van der Waals surface area contributed by atoms with Gasteiger partial charge in [-0.3, -0.25) is 4.79 Å². The van der Waals surface area contributed by atoms with Crippen LogP contribution in [-0.2, 0) is 16.0 Å². The number of methoxy groups -OCH3 is 1. The summed E-state index contributed by atoms with van der Waals surface area (Å²) in [5, 5.41) is 12.1. The number of carboxylic acids is 1. The van der Waals surface area contributed by atoms with Crippen molar-refractivity contribution in [3.63, 3.8) is 0 Å². The minimum absolute atomic E-state index is 0.130. The van der Waals surface area contributed by atoms with Crippen molar-refractivity contribution in [3.8, 4) is 0 Å². The first kappa shape index (κ1) is 18.0. The Hall–Kier alpha value is -2.32. The normalized spacial score (nSPS) is 12.0. The first-order valence-corrected chi connectivity index (χ1v) is 7.97. The molecule has 1 unspecified atom stereocenters. The summed E-state index contributed by atoms with van der Waals surface area (Å²) < 4.78 is 17.7. The van der Waals surface area contributed by atoms with Gasteiger partial charge in [-0.2, -0.15) is 0 Å². The molecule has 0 saturated heterocycles. The van der Waals surface area contributed by atoms with Crippen LogP contribution in [0.3, 0.4) is 0 Å². The molecule has 0 bridgehead atoms. The molecule has 0 aliphatic heterocycles. The van der Waals surface area contributed by atoms with Crippen molar-refractivity contribution in [3.05, 3.63) is 51.2 Å². The van der Waals surface area contributed by atoms with Gasteiger partial charge < -0.3 is 15.2 Å². The number of rotatable bonds is 7. The molecule has 6 nitrogen and oxygen atoms in total. The molecule has 0 radical (unpaired) electrons. The summed E-state index contributed by atoms with van der Waals surface area (Å²) in [5.41, 5.74) is 1.46. The molecule has 0 aliphatic carbocycles. The molecule has 0 fully saturated rings. The zero-order valence-corrected chi connectivity index (χ0v) is 14.0. The van der Waals surface area contributed by atoms with Gasteiger partial charge in [0.05, 0.1) is 17.2 Å². The first-order chi connectivity index (χ1) is 11.4. The van der Waals surface area contributed by atoms with Crippen LogP contribution < -0.4 is 5.32 Å². The van der Waals surface area contributed by atoms with Crippen molar-refractivity contribution >= 4 is 23.2 Å². The number of aromatic nitrogens is 1. The number of ether oxygens (including phenoxy) is 1. The third-order valence-electron chi connectivity index (χ3n) is 3.32. The maximum Gasteiger partial charge on any atom is 0.334 e. The molecule has 0 saturated carbocycles. The number of thiazole rings is 1. The Morgan fingerprint density at radius 3 is 2.62 bits per heavy atom. The Balaban J connectivity index is 2.03. The van der Waals surface area contributed by atoms with Crippen LogP contribution in [0.25, 0.3) is 0 Å². The molecule has 2 rings (SSSR count). The Bertz CT molecular complexity index is 730. The van der Waals surface area contributed by atoms with Crippen LogP contribution in [0.1, 0.15) is 25.9 Å². The molecule has 8 heteroatoms. The lowest BCUT2D eigenvalue weighted by Gasteiger charge is -2.10. The number of carbonyl (C=O) groups is 2. The van der Waals surface area contributed by atoms with E-state index in [1.807, 2.05) is 0 Å². The molecule has 2 N–H and O–H groups in total. The molecule has 24 heavy (non-hydrogen) atoms. The van der Waals surface area contributed by atoms with Crippen LogP contribution in [-0.4, -0.2) is 41.7 Å². The molecular weight excluding hydrogens is 335 g/mol. The topological polar surface area (TPSA) is 88.5 Å². The summed E-state index contributed by atoms with van der Waals surface area (Å²) >= 11 is 1.23. The van der Waals surface area contributed by atoms with Gasteiger partial charge in [0.2, 0.25) is 0 Å². The van der Waals surface area contributed by atoms with Crippen LogP contribution in [0, 0.1) is 12.7 Å². The number of nitrogens with one attached hydrogen (secondary N) is 1. The van der Waals surface area contributed by atoms with E-state index in [0.29, 0.717) is 17.0 Å². The van der Waals surface area contributed by atoms with Crippen molar-refractivity contribution < 1.29 is 23.8 Å². The van der Waals surface area contributed by atoms with Gasteiger partial charge in [0.25, 0.3) is 5.91 Å². The minimum Gasteiger partial charge on any atom is -0.479 e. The standard InChI is InChI=1S/C16H17FN2O4S/c1-9-14(15(20)18-8-12(23-2)16(21)22)24-13(19-9)7-10-3-5-11(17)6-4-10/h3-6,12H,7-8H2,1-2H3,(H,18,20)(H,21,22). The van der Waals surface area contributed by atoms with Crippen molar-refractivity contribution in [2.75, 3.05) is 13.7 Å². The van der Waals surface area contributed by atoms with E-state index < -0.39 is 18.0 Å². The molecule has 0 spiro atoms. The number of halogens is 1. The van der Waals surface area contributed by atoms with E-state index in [-0.39, 0.29) is 12.4 Å². The van der Waals surface area contributed by atoms with E-state index in [0.717, 1.165) is 10.6 Å². The van der Waals surface area contributed by atoms with Crippen LogP contribution in [0.5, 0.6) is 0 Å². The smallest absolute Gasteiger partial charge is 0.334 e. The van der Waals surface area contributed by atoms with Gasteiger partial charge in [-0.25, -0.2) is 14.2 Å². The number of aryl methyl sites for hydroxylation is 1. The average Bonchev–Trinajstić information content (AvgIpc) is 2.90. The Morgan fingerprint density at radius 2 is 2.04 bits per heavy atom. The first-order valence-electron chi connectivity index (χ1n) is 7.15. The average molecular weight is 352 g/mol. The fourth-order valence-corrected chi connectivity index (χ4v) is 3.07. The van der Waals surface area contributed by atoms with Crippen LogP contribution in [0.15, 0.2) is 24.3 Å². The van der Waals surface area contributed by atoms with Gasteiger partial charge in [-0.15, -0.1) is 11.3 Å². The van der Waals surface area contributed by atoms with E-state index in [1.54, 1.807) is 19.1 Å². The predicted octanol–water partition coefficient (Wildman–Crippen LogP) is 2.01. The number of benzene rings is 1. The number of carboxylic acid groups (broad SMARTS) is 1. The summed E-state index contributed by atoms with van der Waals surface area (Å²) in [6, 6.07) is 6.09. The number of aliphatic carboxylic acids is 1. The van der Waals surface area contributed by atoms with Gasteiger partial charge in [0, 0.05) is 13.5 Å². The lowest BCUT2D eigenvalue weighted by atomic mass is 10.1. The highest BCUT2D eigenvalue weighted by atomic mass is 32.1. The zero-order valence-electron chi connectivity index (χ0n) is 13.2. The predicted molar refractivity (Wildman–Crippen MR) is 86.8 cm³/mol. The number of nitrogens with zero attached hydrogens (tertiary/aromatic N) is 1. The lowest BCUT2D eigenvalue weighted by Crippen LogP contribution is -2.37. The molecular formula is C16H17FN2O4S. The molecule has 128 valence electrons. The Morgan fingerprint density at radius 1 is 1.38 bits per heavy atom. The molecule has 1 amide bonds. The number of amides is 1. The third-order valence-corrected chi connectivity index (χ3v) is 4.48. The molecule has 2 aromatic rings. The maximum atomic E-state index is 12.9. The van der Waals surface area contributed by atoms with Crippen molar-refractivity contribution in [2.45, 2.75) is 19.4 Å². The summed E-state index contributed by atoms with van der Waals surface area (Å²) in [7, 11) is 1.27. The Labute approximate surface area is 142 Å². The quantitative estimate of drug-likeness (QED) is 0.796. The van der Waals surface area contributed by atoms with E-state index in [2.05, 4.69) is 10.3 Å². The van der Waals surface area contributed by atoms with Crippen molar-refractivity contribution in [1.82, 2.24) is 10.3 Å². The maximum absolute atomic E-state index is 12.9. The molecule has 1 heterocycles. The second-order valence-corrected chi connectivity index (χ2v) is 6.18. The highest BCUT2D eigenvalue weighted by Crippen LogP contribution is 2.21. The highest BCUT2D eigenvalue weighted by molar-refractivity contribution is 7.13. The van der Waals surface area contributed by atoms with E-state index in [4.69, 9.17) is 9.84 Å². The summed E-state index contributed by atoms with van der Waals surface area (Å²) in [6.45, 7) is 1.58. The van der Waals surface area contributed by atoms with Gasteiger partial charge >= 0.3 is 5.97 Å². The van der Waals surface area contributed by atoms with E-state index >= 15 is 0 Å². The van der Waals surface area contributed by atoms with E-state index in [1.165, 1.54) is 30.6 Å². The fourth-order valence-electron chi connectivity index (χ4n) is 2.05. The van der Waals surface area contributed by atoms with Crippen molar-refractivity contribution in [1.29, 1.82) is 0 Å². The monoisotopic (exact) mass is 352 g/mol. The van der Waals surface area contributed by atoms with Gasteiger partial charge in [0.15, 0.2) is 6.10 Å². The fraction of sp³-hybridized carbons (Fsp3) is 0.312. The number of hydrogen-bond donors (Lipinski definition) is 2. The summed E-state index contributed by atoms with van der Waals surface area (Å²) in [6.07, 6.45) is -0.601. The van der Waals surface area contributed by atoms with E-state index in [9.17, 15) is 14.0 Å². The van der Waals surface area contributed by atoms with Crippen LogP contribution in [0.4, 0.5) is 4.39 Å². The minimum atomic E-state index is -1.14. The third kappa shape index (κ3) is 4.59. The summed E-state index contributed by atoms with van der Waals surface area (Å²) in [4.78, 5) is 27.8. The highest BCUT2D eigenvalue weighted by Gasteiger charge is 2.20. The molecule has 1 aromatic carbocycles. The Kier molecular flexibility index (Phi) is 5.99. The number of carbonyl (C=O) groups excluding carboxylic acids is 1. The van der Waals surface area contributed by atoms with Crippen molar-refractivity contribution in [2.24, 2.45) is 0 Å². The second-order valence-electron chi connectivity index (χ2n) is 5.10. The number of hydrogen-bond acceptors (Lipinski definition) is 5. The van der Waals surface area contributed by atoms with Gasteiger partial charge in [-0.1, -0.05) is 12.1 Å². The summed E-state index contributed by atoms with van der Waals surface area (Å²) in [5.74, 6) is -1.84. The second kappa shape index (κ2) is 7.98. The van der Waals surface area contributed by atoms with Crippen LogP contribution in [0.2, 0.25) is 0 Å². The molecule has 0 aliphatic rings. The SMILES string of the molecule is COC(CNC(=O)c1sc(Cc2ccc(F)cc2)nc1C)C(=O)O. The largest absolute Gasteiger partial charge is 0.479 e. The van der Waals surface area contributed by atoms with Gasteiger partial charge in [0.1, 0.15) is 10.7 Å². The lowest BCUT2D eigenvalue weighted by molar-refractivity contribution is -0.148. The van der Waals surface area contributed by atoms with Gasteiger partial charge in [-0.05, 0) is 24.6 Å². The zero-order chi connectivity index (χ0) is 17.7. The van der Waals surface area contributed by atoms with Crippen LogP contribution >= 0.6 is 11.3 Å². The molecule has 1 aromatic heterocycles. The molecule has 1 atom stereocenters.